The van der Waals surface area contributed by atoms with Crippen LogP contribution in [-0.4, -0.2) is 29.3 Å². The van der Waals surface area contributed by atoms with Crippen LogP contribution in [0.1, 0.15) is 44.2 Å². The lowest BCUT2D eigenvalue weighted by molar-refractivity contribution is -0.175. The number of carbonyl (C=O) groups excluding carboxylic acids is 1. The molecule has 0 radical (unpaired) electrons. The van der Waals surface area contributed by atoms with E-state index >= 15 is 0 Å². The molecule has 4 nitrogen and oxygen atoms in total. The van der Waals surface area contributed by atoms with Crippen molar-refractivity contribution >= 4 is 27.8 Å². The summed E-state index contributed by atoms with van der Waals surface area (Å²) < 4.78 is 5.16. The average Bonchev–Trinajstić information content (AvgIpc) is 3.06. The number of aliphatic hydroxyl groups excluding tert-OH is 1. The smallest absolute Gasteiger partial charge is 0.314 e. The number of rotatable bonds is 1. The number of fused-ring (bicyclic) bond motifs is 6. The Morgan fingerprint density at radius 2 is 1.93 bits per heavy atom. The number of aromatic amines is 1. The van der Waals surface area contributed by atoms with Gasteiger partial charge in [0.2, 0.25) is 0 Å². The molecular formula is C24H27NO3. The number of aryl methyl sites for hydroxylation is 1. The number of ether oxygens (including phenoxy) is 1. The van der Waals surface area contributed by atoms with Crippen LogP contribution in [0.5, 0.6) is 0 Å². The molecule has 4 heteroatoms. The highest BCUT2D eigenvalue weighted by molar-refractivity contribution is 6.07. The zero-order chi connectivity index (χ0) is 19.7. The Kier molecular flexibility index (Phi) is 3.70. The quantitative estimate of drug-likeness (QED) is 0.615. The number of esters is 1. The highest BCUT2D eigenvalue weighted by Crippen LogP contribution is 2.58. The molecule has 1 saturated carbocycles. The first-order valence-corrected chi connectivity index (χ1v) is 10.2. The van der Waals surface area contributed by atoms with Crippen LogP contribution in [0.3, 0.4) is 0 Å². The normalized spacial score (nSPS) is 32.1. The summed E-state index contributed by atoms with van der Waals surface area (Å²) in [7, 11) is 1.43. The van der Waals surface area contributed by atoms with Gasteiger partial charge in [-0.3, -0.25) is 4.79 Å². The van der Waals surface area contributed by atoms with Crippen molar-refractivity contribution in [3.8, 4) is 0 Å². The van der Waals surface area contributed by atoms with E-state index in [1.54, 1.807) is 0 Å². The molecule has 4 unspecified atom stereocenters. The van der Waals surface area contributed by atoms with Crippen molar-refractivity contribution in [2.75, 3.05) is 7.11 Å². The van der Waals surface area contributed by atoms with E-state index in [9.17, 15) is 9.90 Å². The second kappa shape index (κ2) is 5.84. The Hall–Kier alpha value is -2.33. The Morgan fingerprint density at radius 1 is 1.14 bits per heavy atom. The van der Waals surface area contributed by atoms with Gasteiger partial charge in [0.1, 0.15) is 0 Å². The van der Waals surface area contributed by atoms with Crippen molar-refractivity contribution < 1.29 is 14.6 Å². The van der Waals surface area contributed by atoms with Gasteiger partial charge in [-0.15, -0.1) is 0 Å². The zero-order valence-electron chi connectivity index (χ0n) is 16.7. The molecule has 2 aliphatic rings. The number of benzene rings is 2. The minimum absolute atomic E-state index is 0.0614. The SMILES string of the molecule is COC(=O)C1(C)C(O)CCC2(C)c3cc4c(cc3CCC21)[nH]c1ccccc14. The van der Waals surface area contributed by atoms with Gasteiger partial charge in [0.05, 0.1) is 18.6 Å². The standard InChI is InChI=1S/C24H27NO3/c1-23-11-10-21(26)24(2,22(27)28-3)20(23)9-8-14-12-19-16(13-17(14)23)15-6-4-5-7-18(15)25-19/h4-7,12-13,20-21,25-26H,8-11H2,1-3H3. The minimum atomic E-state index is -0.866. The maximum atomic E-state index is 12.8. The van der Waals surface area contributed by atoms with E-state index in [2.05, 4.69) is 48.3 Å². The van der Waals surface area contributed by atoms with E-state index < -0.39 is 11.5 Å². The number of aliphatic hydroxyl groups is 1. The largest absolute Gasteiger partial charge is 0.469 e. The Bertz CT molecular complexity index is 1100. The lowest BCUT2D eigenvalue weighted by Crippen LogP contribution is -2.58. The van der Waals surface area contributed by atoms with Gasteiger partial charge in [0.25, 0.3) is 0 Å². The predicted molar refractivity (Wildman–Crippen MR) is 110 cm³/mol. The van der Waals surface area contributed by atoms with Crippen molar-refractivity contribution in [3.05, 3.63) is 47.5 Å². The van der Waals surface area contributed by atoms with E-state index in [4.69, 9.17) is 4.74 Å². The summed E-state index contributed by atoms with van der Waals surface area (Å²) >= 11 is 0. The summed E-state index contributed by atoms with van der Waals surface area (Å²) in [6.45, 7) is 4.18. The van der Waals surface area contributed by atoms with Crippen LogP contribution in [0.2, 0.25) is 0 Å². The third kappa shape index (κ3) is 2.12. The number of carbonyl (C=O) groups is 1. The molecule has 2 aromatic carbocycles. The molecule has 28 heavy (non-hydrogen) atoms. The summed E-state index contributed by atoms with van der Waals surface area (Å²) in [5.74, 6) is -0.223. The van der Waals surface area contributed by atoms with Gasteiger partial charge >= 0.3 is 5.97 Å². The molecule has 1 heterocycles. The summed E-state index contributed by atoms with van der Waals surface area (Å²) in [5.41, 5.74) is 4.01. The molecule has 3 aromatic rings. The molecule has 0 amide bonds. The lowest BCUT2D eigenvalue weighted by Gasteiger charge is -2.55. The molecule has 0 saturated heterocycles. The van der Waals surface area contributed by atoms with Gasteiger partial charge in [-0.05, 0) is 73.3 Å². The van der Waals surface area contributed by atoms with Gasteiger partial charge in [0, 0.05) is 21.8 Å². The molecule has 1 fully saturated rings. The van der Waals surface area contributed by atoms with Crippen molar-refractivity contribution in [1.29, 1.82) is 0 Å². The van der Waals surface area contributed by atoms with E-state index in [1.165, 1.54) is 34.5 Å². The second-order valence-electron chi connectivity index (χ2n) is 9.06. The van der Waals surface area contributed by atoms with Crippen molar-refractivity contribution in [1.82, 2.24) is 4.98 Å². The van der Waals surface area contributed by atoms with Crippen molar-refractivity contribution in [2.24, 2.45) is 11.3 Å². The maximum absolute atomic E-state index is 12.8. The number of nitrogens with one attached hydrogen (secondary N) is 1. The number of methoxy groups -OCH3 is 1. The third-order valence-corrected chi connectivity index (χ3v) is 7.80. The third-order valence-electron chi connectivity index (χ3n) is 7.80. The monoisotopic (exact) mass is 377 g/mol. The first-order chi connectivity index (χ1) is 13.4. The molecule has 146 valence electrons. The van der Waals surface area contributed by atoms with Gasteiger partial charge < -0.3 is 14.8 Å². The molecular weight excluding hydrogens is 350 g/mol. The van der Waals surface area contributed by atoms with Crippen LogP contribution in [0.25, 0.3) is 21.8 Å². The van der Waals surface area contributed by atoms with Gasteiger partial charge in [-0.1, -0.05) is 25.1 Å². The Balaban J connectivity index is 1.73. The number of aromatic nitrogens is 1. The first kappa shape index (κ1) is 17.7. The zero-order valence-corrected chi connectivity index (χ0v) is 16.7. The van der Waals surface area contributed by atoms with Crippen LogP contribution in [0, 0.1) is 11.3 Å². The molecule has 5 rings (SSSR count). The molecule has 0 aliphatic heterocycles. The van der Waals surface area contributed by atoms with Crippen LogP contribution in [0.4, 0.5) is 0 Å². The molecule has 1 aromatic heterocycles. The van der Waals surface area contributed by atoms with Crippen LogP contribution < -0.4 is 0 Å². The van der Waals surface area contributed by atoms with E-state index in [0.717, 1.165) is 24.8 Å². The van der Waals surface area contributed by atoms with Gasteiger partial charge in [-0.2, -0.15) is 0 Å². The molecule has 2 N–H and O–H groups in total. The molecule has 2 aliphatic carbocycles. The highest BCUT2D eigenvalue weighted by Gasteiger charge is 2.59. The maximum Gasteiger partial charge on any atom is 0.314 e. The second-order valence-corrected chi connectivity index (χ2v) is 9.06. The van der Waals surface area contributed by atoms with E-state index in [-0.39, 0.29) is 17.3 Å². The molecule has 4 atom stereocenters. The van der Waals surface area contributed by atoms with Crippen molar-refractivity contribution in [2.45, 2.75) is 51.0 Å². The molecule has 0 bridgehead atoms. The van der Waals surface area contributed by atoms with Crippen LogP contribution in [-0.2, 0) is 21.4 Å². The summed E-state index contributed by atoms with van der Waals surface area (Å²) in [4.78, 5) is 16.3. The number of hydrogen-bond acceptors (Lipinski definition) is 3. The average molecular weight is 377 g/mol. The number of hydrogen-bond donors (Lipinski definition) is 2. The van der Waals surface area contributed by atoms with E-state index in [1.807, 2.05) is 6.92 Å². The fourth-order valence-corrected chi connectivity index (χ4v) is 6.22. The molecule has 0 spiro atoms. The topological polar surface area (TPSA) is 62.3 Å². The summed E-state index contributed by atoms with van der Waals surface area (Å²) in [5, 5.41) is 13.3. The number of para-hydroxylation sites is 1. The fraction of sp³-hybridized carbons (Fsp3) is 0.458. The lowest BCUT2D eigenvalue weighted by atomic mass is 9.49. The fourth-order valence-electron chi connectivity index (χ4n) is 6.22. The summed E-state index contributed by atoms with van der Waals surface area (Å²) in [6, 6.07) is 13.0. The highest BCUT2D eigenvalue weighted by atomic mass is 16.5. The Labute approximate surface area is 164 Å². The first-order valence-electron chi connectivity index (χ1n) is 10.2. The number of H-pyrrole nitrogens is 1. The predicted octanol–water partition coefficient (Wildman–Crippen LogP) is 4.48. The van der Waals surface area contributed by atoms with Crippen LogP contribution >= 0.6 is 0 Å². The van der Waals surface area contributed by atoms with Gasteiger partial charge in [-0.25, -0.2) is 0 Å². The summed E-state index contributed by atoms with van der Waals surface area (Å²) in [6.07, 6.45) is 2.64. The van der Waals surface area contributed by atoms with Gasteiger partial charge in [0.15, 0.2) is 0 Å². The van der Waals surface area contributed by atoms with Crippen LogP contribution in [0.15, 0.2) is 36.4 Å². The van der Waals surface area contributed by atoms with Crippen molar-refractivity contribution in [3.63, 3.8) is 0 Å². The Morgan fingerprint density at radius 3 is 2.71 bits per heavy atom. The minimum Gasteiger partial charge on any atom is -0.469 e. The van der Waals surface area contributed by atoms with E-state index in [0.29, 0.717) is 6.42 Å².